The molecule has 0 aromatic rings. The Kier molecular flexibility index (Phi) is 5.51. The van der Waals surface area contributed by atoms with E-state index in [1.807, 2.05) is 0 Å². The summed E-state index contributed by atoms with van der Waals surface area (Å²) in [6.45, 7) is 0. The molecule has 0 rings (SSSR count). The third-order valence-corrected chi connectivity index (χ3v) is 0.577. The van der Waals surface area contributed by atoms with E-state index >= 15 is 0 Å². The van der Waals surface area contributed by atoms with Crippen molar-refractivity contribution in [1.29, 1.82) is 5.53 Å². The fourth-order valence-corrected chi connectivity index (χ4v) is 0.285. The summed E-state index contributed by atoms with van der Waals surface area (Å²) in [6.07, 6.45) is 0. The average molecular weight is 169 g/mol. The Morgan fingerprint density at radius 3 is 2.22 bits per heavy atom. The molecule has 9 heteroatoms. The monoisotopic (exact) mass is 169 g/mol. The zero-order chi connectivity index (χ0) is 7.11. The second kappa shape index (κ2) is 5.75. The maximum Gasteiger partial charge on any atom is 0.0141 e. The summed E-state index contributed by atoms with van der Waals surface area (Å²) < 4.78 is 8.05. The van der Waals surface area contributed by atoms with Crippen LogP contribution in [0, 0.1) is 5.53 Å². The topological polar surface area (TPSA) is 82.6 Å². The molecule has 0 bridgehead atoms. The summed E-state index contributed by atoms with van der Waals surface area (Å²) in [4.78, 5) is 0. The molecule has 0 aliphatic carbocycles. The van der Waals surface area contributed by atoms with Crippen molar-refractivity contribution in [2.24, 2.45) is 15.7 Å². The maximum absolute atomic E-state index is 6.12. The minimum atomic E-state index is 0.435. The van der Waals surface area contributed by atoms with Gasteiger partial charge in [-0.3, -0.25) is 0 Å². The molecule has 0 aromatic carbocycles. The van der Waals surface area contributed by atoms with Crippen molar-refractivity contribution in [3.63, 3.8) is 0 Å². The van der Waals surface area contributed by atoms with E-state index in [1.165, 1.54) is 0 Å². The zero-order valence-corrected chi connectivity index (χ0v) is 5.79. The predicted molar refractivity (Wildman–Crippen MR) is 32.0 cm³/mol. The highest BCUT2D eigenvalue weighted by Crippen LogP contribution is 1.98. The van der Waals surface area contributed by atoms with Crippen LogP contribution in [0.15, 0.2) is 15.7 Å². The van der Waals surface area contributed by atoms with Crippen molar-refractivity contribution in [3.8, 4) is 0 Å². The van der Waals surface area contributed by atoms with Gasteiger partial charge in [0.2, 0.25) is 0 Å². The number of nitrogens with one attached hydrogen (secondary N) is 1. The molecule has 0 amide bonds. The second-order valence-electron chi connectivity index (χ2n) is 0.680. The minimum Gasteiger partial charge on any atom is -0.183 e. The number of rotatable bonds is 4. The zero-order valence-electron chi connectivity index (χ0n) is 4.00. The molecule has 1 N–H and O–H groups in total. The molecule has 0 fully saturated rings. The van der Waals surface area contributed by atoms with Crippen LogP contribution in [-0.2, 0) is 8.57 Å². The average Bonchev–Trinajstić information content (AvgIpc) is 1.91. The highest BCUT2D eigenvalue weighted by molar-refractivity contribution is 7.75. The summed E-state index contributed by atoms with van der Waals surface area (Å²) in [5.41, 5.74) is 6.12. The van der Waals surface area contributed by atoms with E-state index in [0.29, 0.717) is 5.34 Å². The van der Waals surface area contributed by atoms with Gasteiger partial charge in [-0.05, 0) is 10.4 Å². The SMILES string of the molecule is N=N/N=N/N(OS)OS. The molecule has 0 unspecified atom stereocenters. The Bertz CT molecular complexity index is 99.1. The van der Waals surface area contributed by atoms with E-state index in [4.69, 9.17) is 5.53 Å². The van der Waals surface area contributed by atoms with Crippen molar-refractivity contribution in [1.82, 2.24) is 5.34 Å². The Morgan fingerprint density at radius 1 is 1.33 bits per heavy atom. The molecule has 0 aliphatic heterocycles. The van der Waals surface area contributed by atoms with E-state index in [1.54, 1.807) is 0 Å². The lowest BCUT2D eigenvalue weighted by atomic mass is 12.4. The summed E-state index contributed by atoms with van der Waals surface area (Å²) in [5.74, 6) is 0. The van der Waals surface area contributed by atoms with Crippen LogP contribution in [0.1, 0.15) is 0 Å². The lowest BCUT2D eigenvalue weighted by molar-refractivity contribution is -0.239. The fraction of sp³-hybridized carbons (Fsp3) is 0. The van der Waals surface area contributed by atoms with Crippen LogP contribution in [-0.4, -0.2) is 5.34 Å². The van der Waals surface area contributed by atoms with E-state index in [-0.39, 0.29) is 0 Å². The van der Waals surface area contributed by atoms with Crippen molar-refractivity contribution in [2.75, 3.05) is 0 Å². The highest BCUT2D eigenvalue weighted by atomic mass is 32.1. The van der Waals surface area contributed by atoms with Crippen LogP contribution in [0.4, 0.5) is 0 Å². The lowest BCUT2D eigenvalue weighted by Gasteiger charge is -2.03. The Morgan fingerprint density at radius 2 is 1.89 bits per heavy atom. The molecule has 0 aromatic heterocycles. The van der Waals surface area contributed by atoms with Crippen molar-refractivity contribution >= 4 is 25.8 Å². The second-order valence-corrected chi connectivity index (χ2v) is 1.01. The molecule has 0 saturated heterocycles. The molecule has 0 radical (unpaired) electrons. The molecular formula is H3N5O2S2. The van der Waals surface area contributed by atoms with Gasteiger partial charge in [0.1, 0.15) is 0 Å². The lowest BCUT2D eigenvalue weighted by Crippen LogP contribution is -2.06. The third-order valence-electron chi connectivity index (χ3n) is 0.297. The minimum absolute atomic E-state index is 0.435. The molecule has 0 aliphatic rings. The molecule has 0 atom stereocenters. The van der Waals surface area contributed by atoms with E-state index < -0.39 is 0 Å². The van der Waals surface area contributed by atoms with Crippen molar-refractivity contribution < 1.29 is 8.57 Å². The first-order chi connectivity index (χ1) is 4.35. The Hall–Kier alpha value is -0.380. The molecule has 0 spiro atoms. The van der Waals surface area contributed by atoms with Gasteiger partial charge in [-0.25, -0.2) is 0 Å². The van der Waals surface area contributed by atoms with Gasteiger partial charge < -0.3 is 0 Å². The molecule has 9 heavy (non-hydrogen) atoms. The van der Waals surface area contributed by atoms with Gasteiger partial charge in [0.25, 0.3) is 0 Å². The molecule has 52 valence electrons. The molecule has 0 heterocycles. The van der Waals surface area contributed by atoms with Crippen LogP contribution in [0.2, 0.25) is 0 Å². The van der Waals surface area contributed by atoms with Gasteiger partial charge >= 0.3 is 0 Å². The maximum atomic E-state index is 6.12. The summed E-state index contributed by atoms with van der Waals surface area (Å²) >= 11 is 6.53. The largest absolute Gasteiger partial charge is 0.183 e. The van der Waals surface area contributed by atoms with Crippen LogP contribution >= 0.6 is 25.8 Å². The normalized spacial score (nSPS) is 10.0. The predicted octanol–water partition coefficient (Wildman–Crippen LogP) is 1.15. The summed E-state index contributed by atoms with van der Waals surface area (Å²) in [6, 6.07) is 0. The standard InChI is InChI=1S/H3N5O2S2/c1-2-3-4-5(6-8)7-9/h1,8-9H/b2-1?,4-3+. The Balaban J connectivity index is 3.53. The number of nitrogens with zero attached hydrogens (tertiary/aromatic N) is 4. The molecular weight excluding hydrogens is 166 g/mol. The van der Waals surface area contributed by atoms with Crippen molar-refractivity contribution in [2.45, 2.75) is 0 Å². The number of thiol groups is 2. The van der Waals surface area contributed by atoms with Gasteiger partial charge in [-0.1, -0.05) is 0 Å². The van der Waals surface area contributed by atoms with Gasteiger partial charge in [-0.2, -0.15) is 14.1 Å². The van der Waals surface area contributed by atoms with Gasteiger partial charge in [-0.15, -0.1) is 0 Å². The quantitative estimate of drug-likeness (QED) is 0.255. The van der Waals surface area contributed by atoms with Crippen LogP contribution in [0.5, 0.6) is 0 Å². The summed E-state index contributed by atoms with van der Waals surface area (Å²) in [7, 11) is 0. The molecule has 7 nitrogen and oxygen atoms in total. The highest BCUT2D eigenvalue weighted by Gasteiger charge is 1.93. The van der Waals surface area contributed by atoms with Crippen LogP contribution in [0.3, 0.4) is 0 Å². The fourth-order valence-electron chi connectivity index (χ4n) is 0.100. The molecule has 0 saturated carbocycles. The summed E-state index contributed by atoms with van der Waals surface area (Å²) in [5, 5.41) is 8.74. The first-order valence-corrected chi connectivity index (χ1v) is 2.28. The number of hydrogen-bond donors (Lipinski definition) is 3. The van der Waals surface area contributed by atoms with Crippen LogP contribution in [0.25, 0.3) is 0 Å². The van der Waals surface area contributed by atoms with E-state index in [2.05, 4.69) is 50.1 Å². The van der Waals surface area contributed by atoms with Crippen molar-refractivity contribution in [3.05, 3.63) is 0 Å². The first kappa shape index (κ1) is 8.62. The van der Waals surface area contributed by atoms with E-state index in [9.17, 15) is 0 Å². The smallest absolute Gasteiger partial charge is 0.0141 e. The Labute approximate surface area is 61.6 Å². The van der Waals surface area contributed by atoms with Gasteiger partial charge in [0.05, 0.1) is 0 Å². The van der Waals surface area contributed by atoms with E-state index in [0.717, 1.165) is 0 Å². The first-order valence-electron chi connectivity index (χ1n) is 1.55. The number of hydrogen-bond acceptors (Lipinski definition) is 6. The third kappa shape index (κ3) is 4.14. The van der Waals surface area contributed by atoms with Crippen LogP contribution < -0.4 is 0 Å². The van der Waals surface area contributed by atoms with Gasteiger partial charge in [0, 0.05) is 36.4 Å². The van der Waals surface area contributed by atoms with Gasteiger partial charge in [0.15, 0.2) is 0 Å².